The van der Waals surface area contributed by atoms with Gasteiger partial charge in [-0.05, 0) is 43.0 Å². The molecule has 3 rings (SSSR count). The van der Waals surface area contributed by atoms with Gasteiger partial charge in [-0.25, -0.2) is 8.78 Å². The molecule has 0 aliphatic carbocycles. The number of hydrogen-bond donors (Lipinski definition) is 1. The normalized spacial score (nSPS) is 10.4. The largest absolute Gasteiger partial charge is 0.454 e. The number of nitriles is 1. The lowest BCUT2D eigenvalue weighted by molar-refractivity contribution is 0.435. The van der Waals surface area contributed by atoms with Crippen molar-refractivity contribution in [1.29, 1.82) is 5.26 Å². The SMILES string of the molecule is N#Cc1cc(Oc2c(F)cc3[nH]ccc3c2CCCCN=[N+]=[N-])ccc1F. The molecule has 0 fully saturated rings. The maximum atomic E-state index is 14.7. The Hall–Kier alpha value is -3.56. The number of unbranched alkanes of at least 4 members (excludes halogenated alkanes) is 1. The van der Waals surface area contributed by atoms with Gasteiger partial charge in [0, 0.05) is 46.3 Å². The second-order valence-corrected chi connectivity index (χ2v) is 5.87. The maximum absolute atomic E-state index is 14.7. The Morgan fingerprint density at radius 1 is 1.19 bits per heavy atom. The van der Waals surface area contributed by atoms with Crippen molar-refractivity contribution in [3.05, 3.63) is 69.7 Å². The number of halogens is 2. The first-order valence-corrected chi connectivity index (χ1v) is 8.31. The number of aromatic amines is 1. The van der Waals surface area contributed by atoms with Crippen LogP contribution in [0.25, 0.3) is 21.3 Å². The minimum absolute atomic E-state index is 0.0429. The van der Waals surface area contributed by atoms with Crippen molar-refractivity contribution in [1.82, 2.24) is 4.98 Å². The summed E-state index contributed by atoms with van der Waals surface area (Å²) in [6.07, 6.45) is 3.55. The summed E-state index contributed by atoms with van der Waals surface area (Å²) >= 11 is 0. The average Bonchev–Trinajstić information content (AvgIpc) is 3.13. The van der Waals surface area contributed by atoms with Gasteiger partial charge < -0.3 is 9.72 Å². The number of hydrogen-bond acceptors (Lipinski definition) is 3. The summed E-state index contributed by atoms with van der Waals surface area (Å²) < 4.78 is 33.9. The van der Waals surface area contributed by atoms with Crippen LogP contribution in [0, 0.1) is 23.0 Å². The number of ether oxygens (including phenoxy) is 1. The van der Waals surface area contributed by atoms with E-state index in [0.717, 1.165) is 11.5 Å². The lowest BCUT2D eigenvalue weighted by Crippen LogP contribution is -1.98. The zero-order chi connectivity index (χ0) is 19.2. The van der Waals surface area contributed by atoms with Crippen LogP contribution in [0.15, 0.2) is 41.6 Å². The van der Waals surface area contributed by atoms with E-state index in [9.17, 15) is 8.78 Å². The number of nitrogens with one attached hydrogen (secondary N) is 1. The quantitative estimate of drug-likeness (QED) is 0.249. The highest BCUT2D eigenvalue weighted by molar-refractivity contribution is 5.85. The van der Waals surface area contributed by atoms with Gasteiger partial charge in [-0.15, -0.1) is 0 Å². The smallest absolute Gasteiger partial charge is 0.168 e. The fourth-order valence-corrected chi connectivity index (χ4v) is 2.88. The maximum Gasteiger partial charge on any atom is 0.168 e. The molecule has 2 aromatic carbocycles. The van der Waals surface area contributed by atoms with Crippen LogP contribution in [0.3, 0.4) is 0 Å². The zero-order valence-corrected chi connectivity index (χ0v) is 14.2. The Morgan fingerprint density at radius 2 is 2.04 bits per heavy atom. The molecule has 0 saturated carbocycles. The Bertz CT molecular complexity index is 1060. The van der Waals surface area contributed by atoms with E-state index in [-0.39, 0.29) is 17.1 Å². The molecule has 0 bridgehead atoms. The van der Waals surface area contributed by atoms with Crippen molar-refractivity contribution in [2.45, 2.75) is 19.3 Å². The van der Waals surface area contributed by atoms with E-state index < -0.39 is 11.6 Å². The van der Waals surface area contributed by atoms with E-state index >= 15 is 0 Å². The number of nitrogens with zero attached hydrogens (tertiary/aromatic N) is 4. The van der Waals surface area contributed by atoms with Gasteiger partial charge in [-0.1, -0.05) is 5.11 Å². The number of fused-ring (bicyclic) bond motifs is 1. The fourth-order valence-electron chi connectivity index (χ4n) is 2.88. The van der Waals surface area contributed by atoms with Crippen LogP contribution in [0.1, 0.15) is 24.0 Å². The molecule has 1 N–H and O–H groups in total. The number of benzene rings is 2. The summed E-state index contributed by atoms with van der Waals surface area (Å²) in [5, 5.41) is 13.3. The van der Waals surface area contributed by atoms with E-state index in [0.29, 0.717) is 36.9 Å². The summed E-state index contributed by atoms with van der Waals surface area (Å²) in [7, 11) is 0. The third-order valence-electron chi connectivity index (χ3n) is 4.14. The molecule has 1 aromatic heterocycles. The molecule has 0 spiro atoms. The van der Waals surface area contributed by atoms with Gasteiger partial charge in [0.25, 0.3) is 0 Å². The molecule has 0 saturated heterocycles. The molecule has 0 aliphatic rings. The van der Waals surface area contributed by atoms with E-state index in [4.69, 9.17) is 15.5 Å². The van der Waals surface area contributed by atoms with Gasteiger partial charge in [-0.3, -0.25) is 0 Å². The van der Waals surface area contributed by atoms with E-state index in [1.807, 2.05) is 6.07 Å². The molecule has 0 atom stereocenters. The van der Waals surface area contributed by atoms with E-state index in [2.05, 4.69) is 15.0 Å². The third-order valence-corrected chi connectivity index (χ3v) is 4.14. The lowest BCUT2D eigenvalue weighted by atomic mass is 10.0. The van der Waals surface area contributed by atoms with Gasteiger partial charge in [0.1, 0.15) is 17.6 Å². The highest BCUT2D eigenvalue weighted by atomic mass is 19.1. The molecule has 6 nitrogen and oxygen atoms in total. The first kappa shape index (κ1) is 18.2. The second kappa shape index (κ2) is 8.21. The Balaban J connectivity index is 1.95. The number of azide groups is 1. The number of rotatable bonds is 7. The Labute approximate surface area is 153 Å². The molecule has 27 heavy (non-hydrogen) atoms. The summed E-state index contributed by atoms with van der Waals surface area (Å²) in [6.45, 7) is 0.363. The molecule has 0 amide bonds. The molecule has 3 aromatic rings. The molecule has 1 heterocycles. The van der Waals surface area contributed by atoms with Crippen LogP contribution in [-0.2, 0) is 6.42 Å². The predicted molar refractivity (Wildman–Crippen MR) is 96.4 cm³/mol. The standard InChI is InChI=1S/C19H15F2N5O/c20-16-5-4-13(9-12(16)11-22)27-19-15(3-1-2-7-25-26-23)14-6-8-24-18(14)10-17(19)21/h4-6,8-10,24H,1-3,7H2. The van der Waals surface area contributed by atoms with E-state index in [1.54, 1.807) is 12.3 Å². The van der Waals surface area contributed by atoms with Crippen LogP contribution in [-0.4, -0.2) is 11.5 Å². The van der Waals surface area contributed by atoms with Crippen molar-refractivity contribution in [3.8, 4) is 17.6 Å². The summed E-state index contributed by atoms with van der Waals surface area (Å²) in [5.41, 5.74) is 9.47. The van der Waals surface area contributed by atoms with Gasteiger partial charge in [0.2, 0.25) is 0 Å². The van der Waals surface area contributed by atoms with E-state index in [1.165, 1.54) is 18.2 Å². The number of H-pyrrole nitrogens is 1. The van der Waals surface area contributed by atoms with Crippen molar-refractivity contribution in [2.75, 3.05) is 6.54 Å². The highest BCUT2D eigenvalue weighted by Crippen LogP contribution is 2.35. The van der Waals surface area contributed by atoms with Crippen LogP contribution in [0.5, 0.6) is 11.5 Å². The van der Waals surface area contributed by atoms with Crippen molar-refractivity contribution in [3.63, 3.8) is 0 Å². The van der Waals surface area contributed by atoms with Gasteiger partial charge in [-0.2, -0.15) is 5.26 Å². The minimum atomic E-state index is -0.662. The molecular weight excluding hydrogens is 352 g/mol. The summed E-state index contributed by atoms with van der Waals surface area (Å²) in [5.74, 6) is -0.999. The van der Waals surface area contributed by atoms with Crippen LogP contribution < -0.4 is 4.74 Å². The summed E-state index contributed by atoms with van der Waals surface area (Å²) in [4.78, 5) is 5.68. The molecule has 0 radical (unpaired) electrons. The molecule has 0 aliphatic heterocycles. The van der Waals surface area contributed by atoms with Crippen molar-refractivity contribution in [2.24, 2.45) is 5.11 Å². The Morgan fingerprint density at radius 3 is 2.81 bits per heavy atom. The molecule has 0 unspecified atom stereocenters. The van der Waals surface area contributed by atoms with Gasteiger partial charge in [0.05, 0.1) is 5.56 Å². The number of aromatic nitrogens is 1. The van der Waals surface area contributed by atoms with Crippen molar-refractivity contribution < 1.29 is 13.5 Å². The predicted octanol–water partition coefficient (Wildman–Crippen LogP) is 5.74. The van der Waals surface area contributed by atoms with Gasteiger partial charge in [0.15, 0.2) is 11.6 Å². The lowest BCUT2D eigenvalue weighted by Gasteiger charge is -2.14. The third kappa shape index (κ3) is 4.00. The fraction of sp³-hybridized carbons (Fsp3) is 0.211. The monoisotopic (exact) mass is 367 g/mol. The topological polar surface area (TPSA) is 97.6 Å². The molecule has 8 heteroatoms. The average molecular weight is 367 g/mol. The first-order valence-electron chi connectivity index (χ1n) is 8.31. The molecular formula is C19H15F2N5O. The van der Waals surface area contributed by atoms with Crippen LogP contribution >= 0.6 is 0 Å². The minimum Gasteiger partial charge on any atom is -0.454 e. The second-order valence-electron chi connectivity index (χ2n) is 5.87. The van der Waals surface area contributed by atoms with Crippen LogP contribution in [0.4, 0.5) is 8.78 Å². The van der Waals surface area contributed by atoms with Crippen molar-refractivity contribution >= 4 is 10.9 Å². The number of aryl methyl sites for hydroxylation is 1. The Kier molecular flexibility index (Phi) is 5.55. The van der Waals surface area contributed by atoms with Crippen LogP contribution in [0.2, 0.25) is 0 Å². The highest BCUT2D eigenvalue weighted by Gasteiger charge is 2.17. The first-order chi connectivity index (χ1) is 13.1. The van der Waals surface area contributed by atoms with Gasteiger partial charge >= 0.3 is 0 Å². The molecule has 136 valence electrons. The zero-order valence-electron chi connectivity index (χ0n) is 14.2. The summed E-state index contributed by atoms with van der Waals surface area (Å²) in [6, 6.07) is 8.60.